The Balaban J connectivity index is 1.80. The van der Waals surface area contributed by atoms with E-state index in [9.17, 15) is 4.79 Å². The maximum Gasteiger partial charge on any atom is 0.264 e. The zero-order valence-electron chi connectivity index (χ0n) is 14.2. The fourth-order valence-electron chi connectivity index (χ4n) is 2.94. The Labute approximate surface area is 141 Å². The summed E-state index contributed by atoms with van der Waals surface area (Å²) in [5, 5.41) is 1.95. The van der Waals surface area contributed by atoms with Crippen molar-refractivity contribution in [2.24, 2.45) is 0 Å². The highest BCUT2D eigenvalue weighted by molar-refractivity contribution is 7.12. The molecule has 1 atom stereocenters. The molecule has 5 nitrogen and oxygen atoms in total. The molecule has 124 valence electrons. The van der Waals surface area contributed by atoms with Gasteiger partial charge in [0.1, 0.15) is 5.82 Å². The van der Waals surface area contributed by atoms with Crippen LogP contribution in [-0.4, -0.2) is 44.9 Å². The van der Waals surface area contributed by atoms with Crippen molar-refractivity contribution in [1.29, 1.82) is 0 Å². The van der Waals surface area contributed by atoms with Crippen molar-refractivity contribution in [1.82, 2.24) is 19.4 Å². The summed E-state index contributed by atoms with van der Waals surface area (Å²) in [6.45, 7) is 8.89. The number of rotatable bonds is 4. The molecule has 6 heteroatoms. The van der Waals surface area contributed by atoms with E-state index >= 15 is 0 Å². The summed E-state index contributed by atoms with van der Waals surface area (Å²) in [7, 11) is 2.13. The maximum absolute atomic E-state index is 12.6. The lowest BCUT2D eigenvalue weighted by Gasteiger charge is -2.34. The second-order valence-corrected chi connectivity index (χ2v) is 7.37. The normalized spacial score (nSPS) is 17.8. The Hall–Kier alpha value is -1.66. The third-order valence-electron chi connectivity index (χ3n) is 4.66. The predicted octanol–water partition coefficient (Wildman–Crippen LogP) is 3.00. The van der Waals surface area contributed by atoms with Gasteiger partial charge in [-0.1, -0.05) is 6.07 Å². The molecule has 3 rings (SSSR count). The molecule has 0 saturated heterocycles. The van der Waals surface area contributed by atoms with Crippen molar-refractivity contribution in [3.63, 3.8) is 0 Å². The first-order valence-corrected chi connectivity index (χ1v) is 8.96. The van der Waals surface area contributed by atoms with Crippen molar-refractivity contribution in [3.8, 4) is 0 Å². The number of carbonyl (C=O) groups is 1. The Morgan fingerprint density at radius 3 is 2.91 bits per heavy atom. The van der Waals surface area contributed by atoms with Gasteiger partial charge in [-0.15, -0.1) is 11.3 Å². The molecule has 0 spiro atoms. The van der Waals surface area contributed by atoms with E-state index in [0.29, 0.717) is 6.04 Å². The zero-order valence-corrected chi connectivity index (χ0v) is 15.0. The van der Waals surface area contributed by atoms with Gasteiger partial charge >= 0.3 is 0 Å². The van der Waals surface area contributed by atoms with Gasteiger partial charge in [-0.2, -0.15) is 0 Å². The topological polar surface area (TPSA) is 41.4 Å². The molecule has 1 aliphatic rings. The molecular weight excluding hydrogens is 308 g/mol. The smallest absolute Gasteiger partial charge is 0.264 e. The van der Waals surface area contributed by atoms with Crippen molar-refractivity contribution < 1.29 is 4.79 Å². The lowest BCUT2D eigenvalue weighted by atomic mass is 10.2. The minimum absolute atomic E-state index is 0.0106. The largest absolute Gasteiger partial charge is 0.327 e. The standard InChI is InChI=1S/C17H24N4OS/c1-12(2)19(4)11-14-10-18-16-13(3)20(7-8-21(14)16)17(22)15-6-5-9-23-15/h5-6,9-10,12-13H,7-8,11H2,1-4H3/t13-/m1/s1. The van der Waals surface area contributed by atoms with Crippen LogP contribution in [-0.2, 0) is 13.1 Å². The van der Waals surface area contributed by atoms with Crippen LogP contribution in [0.2, 0.25) is 0 Å². The molecule has 0 unspecified atom stereocenters. The molecule has 2 aromatic heterocycles. The van der Waals surface area contributed by atoms with Crippen LogP contribution in [0.4, 0.5) is 0 Å². The van der Waals surface area contributed by atoms with Gasteiger partial charge in [0.15, 0.2) is 0 Å². The van der Waals surface area contributed by atoms with Crippen LogP contribution in [0, 0.1) is 0 Å². The molecule has 0 saturated carbocycles. The monoisotopic (exact) mass is 332 g/mol. The first-order valence-electron chi connectivity index (χ1n) is 8.08. The van der Waals surface area contributed by atoms with Crippen molar-refractivity contribution >= 4 is 17.2 Å². The number of imidazole rings is 1. The lowest BCUT2D eigenvalue weighted by Crippen LogP contribution is -2.41. The Bertz CT molecular complexity index is 677. The van der Waals surface area contributed by atoms with Gasteiger partial charge in [0.05, 0.1) is 16.6 Å². The summed E-state index contributed by atoms with van der Waals surface area (Å²) in [4.78, 5) is 22.3. The fourth-order valence-corrected chi connectivity index (χ4v) is 3.62. The second-order valence-electron chi connectivity index (χ2n) is 6.42. The molecule has 0 bridgehead atoms. The van der Waals surface area contributed by atoms with Crippen LogP contribution in [0.25, 0.3) is 0 Å². The van der Waals surface area contributed by atoms with Gasteiger partial charge < -0.3 is 9.47 Å². The fraction of sp³-hybridized carbons (Fsp3) is 0.529. The average Bonchev–Trinajstić information content (AvgIpc) is 3.17. The molecule has 23 heavy (non-hydrogen) atoms. The molecule has 0 aromatic carbocycles. The second kappa shape index (κ2) is 6.45. The highest BCUT2D eigenvalue weighted by atomic mass is 32.1. The molecule has 1 amide bonds. The van der Waals surface area contributed by atoms with Gasteiger partial charge in [0, 0.05) is 31.9 Å². The highest BCUT2D eigenvalue weighted by Crippen LogP contribution is 2.28. The van der Waals surface area contributed by atoms with E-state index in [4.69, 9.17) is 0 Å². The average molecular weight is 332 g/mol. The van der Waals surface area contributed by atoms with Crippen molar-refractivity contribution in [3.05, 3.63) is 40.1 Å². The number of carbonyl (C=O) groups excluding carboxylic acids is 1. The van der Waals surface area contributed by atoms with E-state index in [0.717, 1.165) is 30.3 Å². The molecule has 1 aliphatic heterocycles. The quantitative estimate of drug-likeness (QED) is 0.864. The summed E-state index contributed by atoms with van der Waals surface area (Å²) >= 11 is 1.50. The summed E-state index contributed by atoms with van der Waals surface area (Å²) < 4.78 is 2.28. The summed E-state index contributed by atoms with van der Waals surface area (Å²) in [5.74, 6) is 1.11. The number of amides is 1. The molecule has 0 aliphatic carbocycles. The van der Waals surface area contributed by atoms with Gasteiger partial charge in [-0.25, -0.2) is 4.98 Å². The van der Waals surface area contributed by atoms with Crippen molar-refractivity contribution in [2.45, 2.75) is 45.9 Å². The summed E-state index contributed by atoms with van der Waals surface area (Å²) in [6, 6.07) is 4.33. The summed E-state index contributed by atoms with van der Waals surface area (Å²) in [6.07, 6.45) is 1.96. The number of hydrogen-bond donors (Lipinski definition) is 0. The predicted molar refractivity (Wildman–Crippen MR) is 92.6 cm³/mol. The van der Waals surface area contributed by atoms with E-state index in [1.54, 1.807) is 0 Å². The Morgan fingerprint density at radius 1 is 1.48 bits per heavy atom. The first kappa shape index (κ1) is 16.2. The van der Waals surface area contributed by atoms with E-state index < -0.39 is 0 Å². The van der Waals surface area contributed by atoms with E-state index in [-0.39, 0.29) is 11.9 Å². The van der Waals surface area contributed by atoms with Gasteiger partial charge in [-0.05, 0) is 39.3 Å². The van der Waals surface area contributed by atoms with Crippen LogP contribution < -0.4 is 0 Å². The van der Waals surface area contributed by atoms with Crippen LogP contribution in [0.15, 0.2) is 23.7 Å². The van der Waals surface area contributed by atoms with Crippen molar-refractivity contribution in [2.75, 3.05) is 13.6 Å². The lowest BCUT2D eigenvalue weighted by molar-refractivity contribution is 0.0640. The van der Waals surface area contributed by atoms with Crippen LogP contribution in [0.1, 0.15) is 48.0 Å². The number of thiophene rings is 1. The highest BCUT2D eigenvalue weighted by Gasteiger charge is 2.31. The Morgan fingerprint density at radius 2 is 2.26 bits per heavy atom. The minimum Gasteiger partial charge on any atom is -0.327 e. The van der Waals surface area contributed by atoms with Gasteiger partial charge in [-0.3, -0.25) is 9.69 Å². The minimum atomic E-state index is 0.0106. The molecule has 0 radical (unpaired) electrons. The van der Waals surface area contributed by atoms with E-state index in [1.807, 2.05) is 28.6 Å². The Kier molecular flexibility index (Phi) is 4.55. The zero-order chi connectivity index (χ0) is 16.6. The third kappa shape index (κ3) is 3.05. The number of fused-ring (bicyclic) bond motifs is 1. The van der Waals surface area contributed by atoms with Gasteiger partial charge in [0.25, 0.3) is 5.91 Å². The molecule has 0 fully saturated rings. The SMILES string of the molecule is CC(C)N(C)Cc1cnc2n1CCN(C(=O)c1cccs1)[C@@H]2C. The van der Waals surface area contributed by atoms with Gasteiger partial charge in [0.2, 0.25) is 0 Å². The summed E-state index contributed by atoms with van der Waals surface area (Å²) in [5.41, 5.74) is 1.23. The number of nitrogens with zero attached hydrogens (tertiary/aromatic N) is 4. The maximum atomic E-state index is 12.6. The third-order valence-corrected chi connectivity index (χ3v) is 5.52. The molecule has 2 aromatic rings. The van der Waals surface area contributed by atoms with Crippen LogP contribution in [0.3, 0.4) is 0 Å². The van der Waals surface area contributed by atoms with Crippen LogP contribution >= 0.6 is 11.3 Å². The number of hydrogen-bond acceptors (Lipinski definition) is 4. The van der Waals surface area contributed by atoms with Crippen LogP contribution in [0.5, 0.6) is 0 Å². The van der Waals surface area contributed by atoms with E-state index in [1.165, 1.54) is 17.0 Å². The number of aromatic nitrogens is 2. The van der Waals surface area contributed by atoms with E-state index in [2.05, 4.69) is 42.3 Å². The first-order chi connectivity index (χ1) is 11.0. The molecule has 0 N–H and O–H groups in total. The molecule has 3 heterocycles. The molecular formula is C17H24N4OS.